The van der Waals surface area contributed by atoms with Gasteiger partial charge in [0.15, 0.2) is 11.5 Å². The normalized spacial score (nSPS) is 18.2. The smallest absolute Gasteiger partial charge is 0.325 e. The zero-order chi connectivity index (χ0) is 18.5. The number of imide groups is 1. The number of urea groups is 1. The van der Waals surface area contributed by atoms with Gasteiger partial charge in [-0.15, -0.1) is 0 Å². The van der Waals surface area contributed by atoms with E-state index in [9.17, 15) is 14.4 Å². The molecule has 4 amide bonds. The first kappa shape index (κ1) is 18.0. The van der Waals surface area contributed by atoms with Crippen molar-refractivity contribution in [2.45, 2.75) is 31.8 Å². The van der Waals surface area contributed by atoms with E-state index in [1.807, 2.05) is 0 Å². The second-order valence-corrected chi connectivity index (χ2v) is 6.08. The molecule has 0 aromatic heterocycles. The van der Waals surface area contributed by atoms with Crippen molar-refractivity contribution in [3.63, 3.8) is 0 Å². The van der Waals surface area contributed by atoms with Crippen LogP contribution in [0.3, 0.4) is 0 Å². The van der Waals surface area contributed by atoms with Crippen molar-refractivity contribution in [3.8, 4) is 11.5 Å². The van der Waals surface area contributed by atoms with E-state index in [4.69, 9.17) is 14.6 Å². The highest BCUT2D eigenvalue weighted by Crippen LogP contribution is 2.33. The van der Waals surface area contributed by atoms with E-state index in [1.54, 1.807) is 18.2 Å². The van der Waals surface area contributed by atoms with Gasteiger partial charge in [0, 0.05) is 19.6 Å². The Labute approximate surface area is 150 Å². The van der Waals surface area contributed by atoms with Gasteiger partial charge in [0.1, 0.15) is 6.04 Å². The monoisotopic (exact) mass is 363 g/mol. The molecule has 26 heavy (non-hydrogen) atoms. The van der Waals surface area contributed by atoms with Crippen molar-refractivity contribution in [1.29, 1.82) is 0 Å². The Morgan fingerprint density at radius 3 is 2.92 bits per heavy atom. The molecular formula is C17H21N3O6. The van der Waals surface area contributed by atoms with Crippen LogP contribution in [0.1, 0.15) is 24.8 Å². The quantitative estimate of drug-likeness (QED) is 0.446. The number of aliphatic hydroxyl groups is 1. The molecule has 2 aliphatic rings. The predicted molar refractivity (Wildman–Crippen MR) is 89.4 cm³/mol. The number of nitrogens with zero attached hydrogens (tertiary/aromatic N) is 1. The minimum absolute atomic E-state index is 0.00622. The number of carbonyl (C=O) groups excluding carboxylic acids is 3. The van der Waals surface area contributed by atoms with Crippen LogP contribution < -0.4 is 20.1 Å². The molecule has 3 N–H and O–H groups in total. The molecule has 1 fully saturated rings. The van der Waals surface area contributed by atoms with Crippen molar-refractivity contribution in [3.05, 3.63) is 23.8 Å². The summed E-state index contributed by atoms with van der Waals surface area (Å²) >= 11 is 0. The molecule has 9 heteroatoms. The lowest BCUT2D eigenvalue weighted by Crippen LogP contribution is -2.32. The molecule has 0 spiro atoms. The highest BCUT2D eigenvalue weighted by Gasteiger charge is 2.37. The Morgan fingerprint density at radius 2 is 2.12 bits per heavy atom. The average molecular weight is 363 g/mol. The van der Waals surface area contributed by atoms with Crippen molar-refractivity contribution < 1.29 is 29.0 Å². The largest absolute Gasteiger partial charge is 0.454 e. The van der Waals surface area contributed by atoms with E-state index in [1.165, 1.54) is 0 Å². The van der Waals surface area contributed by atoms with Gasteiger partial charge < -0.3 is 25.2 Å². The van der Waals surface area contributed by atoms with Gasteiger partial charge in [0.2, 0.25) is 12.7 Å². The molecule has 140 valence electrons. The average Bonchev–Trinajstić information content (AvgIpc) is 3.19. The van der Waals surface area contributed by atoms with Crippen LogP contribution in [0.4, 0.5) is 4.79 Å². The minimum atomic E-state index is -0.708. The third-order valence-electron chi connectivity index (χ3n) is 4.20. The summed E-state index contributed by atoms with van der Waals surface area (Å²) in [6.45, 7) is 0.674. The summed E-state index contributed by atoms with van der Waals surface area (Å²) in [7, 11) is 0. The fourth-order valence-electron chi connectivity index (χ4n) is 2.81. The number of ether oxygens (including phenoxy) is 2. The van der Waals surface area contributed by atoms with Crippen molar-refractivity contribution >= 4 is 17.8 Å². The molecule has 1 aromatic rings. The molecule has 0 radical (unpaired) electrons. The summed E-state index contributed by atoms with van der Waals surface area (Å²) in [5.74, 6) is 0.659. The van der Waals surface area contributed by atoms with E-state index in [2.05, 4.69) is 10.6 Å². The first-order chi connectivity index (χ1) is 12.6. The van der Waals surface area contributed by atoms with Crippen LogP contribution in [0, 0.1) is 0 Å². The molecule has 1 saturated heterocycles. The van der Waals surface area contributed by atoms with E-state index in [0.29, 0.717) is 24.5 Å². The maximum Gasteiger partial charge on any atom is 0.325 e. The molecule has 3 rings (SSSR count). The second-order valence-electron chi connectivity index (χ2n) is 6.08. The molecule has 9 nitrogen and oxygen atoms in total. The summed E-state index contributed by atoms with van der Waals surface area (Å²) in [4.78, 5) is 37.4. The molecule has 1 aromatic carbocycles. The second kappa shape index (κ2) is 8.05. The predicted octanol–water partition coefficient (Wildman–Crippen LogP) is 0.115. The molecule has 0 bridgehead atoms. The van der Waals surface area contributed by atoms with Crippen LogP contribution >= 0.6 is 0 Å². The number of rotatable bonds is 8. The Hall–Kier alpha value is -2.81. The summed E-state index contributed by atoms with van der Waals surface area (Å²) < 4.78 is 10.5. The Balaban J connectivity index is 1.53. The number of hydrogen-bond acceptors (Lipinski definition) is 6. The van der Waals surface area contributed by atoms with Gasteiger partial charge in [-0.1, -0.05) is 6.07 Å². The molecule has 0 saturated carbocycles. The minimum Gasteiger partial charge on any atom is -0.454 e. The SMILES string of the molecule is O=C(CCC1NC(=O)N(Cc2ccc3c(c2)OCO3)C1=O)NCCCO. The van der Waals surface area contributed by atoms with Crippen LogP contribution in [0.25, 0.3) is 0 Å². The fourth-order valence-corrected chi connectivity index (χ4v) is 2.81. The lowest BCUT2D eigenvalue weighted by atomic mass is 10.1. The van der Waals surface area contributed by atoms with Crippen LogP contribution in [0.15, 0.2) is 18.2 Å². The standard InChI is InChI=1S/C17H21N3O6/c21-7-1-6-18-15(22)5-3-12-16(23)20(17(24)19-12)9-11-2-4-13-14(8-11)26-10-25-13/h2,4,8,12,21H,1,3,5-7,9-10H2,(H,18,22)(H,19,24). The van der Waals surface area contributed by atoms with E-state index < -0.39 is 12.1 Å². The number of carbonyl (C=O) groups is 3. The zero-order valence-corrected chi connectivity index (χ0v) is 14.2. The summed E-state index contributed by atoms with van der Waals surface area (Å²) in [5.41, 5.74) is 0.750. The molecular weight excluding hydrogens is 342 g/mol. The molecule has 2 heterocycles. The maximum absolute atomic E-state index is 12.4. The number of hydrogen-bond donors (Lipinski definition) is 3. The number of nitrogens with one attached hydrogen (secondary N) is 2. The van der Waals surface area contributed by atoms with Gasteiger partial charge in [-0.05, 0) is 30.5 Å². The van der Waals surface area contributed by atoms with E-state index in [0.717, 1.165) is 10.5 Å². The van der Waals surface area contributed by atoms with Crippen LogP contribution in [-0.4, -0.2) is 53.8 Å². The lowest BCUT2D eigenvalue weighted by Gasteiger charge is -2.13. The Morgan fingerprint density at radius 1 is 1.31 bits per heavy atom. The first-order valence-corrected chi connectivity index (χ1v) is 8.46. The van der Waals surface area contributed by atoms with Crippen molar-refractivity contribution in [1.82, 2.24) is 15.5 Å². The Bertz CT molecular complexity index is 708. The topological polar surface area (TPSA) is 117 Å². The van der Waals surface area contributed by atoms with E-state index >= 15 is 0 Å². The van der Waals surface area contributed by atoms with Crippen LogP contribution in [0.5, 0.6) is 11.5 Å². The van der Waals surface area contributed by atoms with Gasteiger partial charge >= 0.3 is 6.03 Å². The third kappa shape index (κ3) is 4.05. The van der Waals surface area contributed by atoms with Gasteiger partial charge in [0.25, 0.3) is 5.91 Å². The number of fused-ring (bicyclic) bond motifs is 1. The van der Waals surface area contributed by atoms with Gasteiger partial charge in [-0.25, -0.2) is 4.79 Å². The summed E-state index contributed by atoms with van der Waals surface area (Å²) in [6, 6.07) is 4.07. The van der Waals surface area contributed by atoms with Crippen molar-refractivity contribution in [2.75, 3.05) is 19.9 Å². The number of amides is 4. The summed E-state index contributed by atoms with van der Waals surface area (Å²) in [5, 5.41) is 13.9. The Kier molecular flexibility index (Phi) is 5.57. The highest BCUT2D eigenvalue weighted by molar-refractivity contribution is 6.04. The van der Waals surface area contributed by atoms with Gasteiger partial charge in [-0.3, -0.25) is 14.5 Å². The van der Waals surface area contributed by atoms with Gasteiger partial charge in [0.05, 0.1) is 6.54 Å². The third-order valence-corrected chi connectivity index (χ3v) is 4.20. The van der Waals surface area contributed by atoms with Crippen molar-refractivity contribution in [2.24, 2.45) is 0 Å². The molecule has 2 aliphatic heterocycles. The van der Waals surface area contributed by atoms with Crippen LogP contribution in [0.2, 0.25) is 0 Å². The molecule has 1 unspecified atom stereocenters. The number of benzene rings is 1. The van der Waals surface area contributed by atoms with Crippen LogP contribution in [-0.2, 0) is 16.1 Å². The fraction of sp³-hybridized carbons (Fsp3) is 0.471. The lowest BCUT2D eigenvalue weighted by molar-refractivity contribution is -0.128. The maximum atomic E-state index is 12.4. The van der Waals surface area contributed by atoms with E-state index in [-0.39, 0.29) is 44.6 Å². The zero-order valence-electron chi connectivity index (χ0n) is 14.2. The number of aliphatic hydroxyl groups excluding tert-OH is 1. The molecule has 1 atom stereocenters. The summed E-state index contributed by atoms with van der Waals surface area (Å²) in [6.07, 6.45) is 0.835. The highest BCUT2D eigenvalue weighted by atomic mass is 16.7. The van der Waals surface area contributed by atoms with Gasteiger partial charge in [-0.2, -0.15) is 0 Å². The molecule has 0 aliphatic carbocycles. The first-order valence-electron chi connectivity index (χ1n) is 8.46.